The van der Waals surface area contributed by atoms with E-state index in [1.54, 1.807) is 23.1 Å². The highest BCUT2D eigenvalue weighted by Gasteiger charge is 2.24. The number of hydrogen-bond acceptors (Lipinski definition) is 5. The van der Waals surface area contributed by atoms with E-state index in [4.69, 9.17) is 25.8 Å². The molecule has 0 aliphatic carbocycles. The third kappa shape index (κ3) is 4.90. The lowest BCUT2D eigenvalue weighted by Crippen LogP contribution is -2.33. The van der Waals surface area contributed by atoms with E-state index in [1.165, 1.54) is 13.2 Å². The summed E-state index contributed by atoms with van der Waals surface area (Å²) in [4.78, 5) is 26.1. The summed E-state index contributed by atoms with van der Waals surface area (Å²) in [5, 5.41) is 0.370. The molecule has 0 saturated heterocycles. The number of benzene rings is 2. The van der Waals surface area contributed by atoms with Crippen LogP contribution in [0.5, 0.6) is 11.5 Å². The van der Waals surface area contributed by atoms with Crippen molar-refractivity contribution in [2.45, 2.75) is 13.3 Å². The molecule has 3 rings (SSSR count). The van der Waals surface area contributed by atoms with Crippen LogP contribution in [0.3, 0.4) is 0 Å². The first-order chi connectivity index (χ1) is 14.0. The van der Waals surface area contributed by atoms with Crippen molar-refractivity contribution in [2.75, 3.05) is 31.8 Å². The molecule has 7 heteroatoms. The fourth-order valence-corrected chi connectivity index (χ4v) is 3.46. The number of ether oxygens (including phenoxy) is 3. The number of anilines is 1. The molecular weight excluding hydrogens is 394 g/mol. The Morgan fingerprint density at radius 1 is 1.24 bits per heavy atom. The van der Waals surface area contributed by atoms with Crippen LogP contribution in [-0.2, 0) is 20.7 Å². The molecule has 0 unspecified atom stereocenters. The SMILES string of the molecule is CCOc1cc(C=CC(=O)OCC(=O)N2CCc3ccccc32)cc(Cl)c1OC. The first-order valence-corrected chi connectivity index (χ1v) is 9.64. The van der Waals surface area contributed by atoms with Crippen LogP contribution >= 0.6 is 11.6 Å². The van der Waals surface area contributed by atoms with E-state index in [9.17, 15) is 9.59 Å². The Morgan fingerprint density at radius 2 is 2.03 bits per heavy atom. The summed E-state index contributed by atoms with van der Waals surface area (Å²) in [5.41, 5.74) is 2.64. The lowest BCUT2D eigenvalue weighted by Gasteiger charge is -2.16. The number of carbonyl (C=O) groups is 2. The quantitative estimate of drug-likeness (QED) is 0.507. The number of fused-ring (bicyclic) bond motifs is 1. The Morgan fingerprint density at radius 3 is 2.79 bits per heavy atom. The normalized spacial score (nSPS) is 12.7. The van der Waals surface area contributed by atoms with E-state index in [0.29, 0.717) is 35.2 Å². The minimum atomic E-state index is -0.615. The van der Waals surface area contributed by atoms with Crippen molar-refractivity contribution >= 4 is 35.2 Å². The van der Waals surface area contributed by atoms with Crippen LogP contribution in [0.15, 0.2) is 42.5 Å². The zero-order valence-electron chi connectivity index (χ0n) is 16.3. The van der Waals surface area contributed by atoms with Crippen molar-refractivity contribution < 1.29 is 23.8 Å². The summed E-state index contributed by atoms with van der Waals surface area (Å²) in [7, 11) is 1.51. The first kappa shape index (κ1) is 20.7. The van der Waals surface area contributed by atoms with Crippen LogP contribution < -0.4 is 14.4 Å². The Kier molecular flexibility index (Phi) is 6.77. The number of carbonyl (C=O) groups excluding carboxylic acids is 2. The summed E-state index contributed by atoms with van der Waals surface area (Å²) in [5.74, 6) is 0.0571. The standard InChI is InChI=1S/C22H22ClNO5/c1-3-28-19-13-15(12-17(23)22(19)27-2)8-9-21(26)29-14-20(25)24-11-10-16-6-4-5-7-18(16)24/h4-9,12-13H,3,10-11,14H2,1-2H3. The molecule has 0 radical (unpaired) electrons. The number of rotatable bonds is 7. The summed E-state index contributed by atoms with van der Waals surface area (Å²) in [6.45, 7) is 2.58. The van der Waals surface area contributed by atoms with Crippen molar-refractivity contribution in [3.05, 3.63) is 58.6 Å². The maximum Gasteiger partial charge on any atom is 0.331 e. The average Bonchev–Trinajstić information content (AvgIpc) is 3.15. The predicted molar refractivity (Wildman–Crippen MR) is 112 cm³/mol. The zero-order chi connectivity index (χ0) is 20.8. The smallest absolute Gasteiger partial charge is 0.331 e. The second-order valence-corrected chi connectivity index (χ2v) is 6.74. The van der Waals surface area contributed by atoms with Crippen molar-refractivity contribution in [3.8, 4) is 11.5 Å². The lowest BCUT2D eigenvalue weighted by atomic mass is 10.2. The van der Waals surface area contributed by atoms with Gasteiger partial charge >= 0.3 is 5.97 Å². The van der Waals surface area contributed by atoms with Gasteiger partial charge in [0.25, 0.3) is 5.91 Å². The van der Waals surface area contributed by atoms with Crippen LogP contribution in [0.4, 0.5) is 5.69 Å². The molecule has 152 valence electrons. The van der Waals surface area contributed by atoms with Gasteiger partial charge in [0, 0.05) is 18.3 Å². The molecule has 1 heterocycles. The van der Waals surface area contributed by atoms with Crippen molar-refractivity contribution in [1.82, 2.24) is 0 Å². The average molecular weight is 416 g/mol. The molecule has 0 N–H and O–H groups in total. The van der Waals surface area contributed by atoms with E-state index < -0.39 is 5.97 Å². The van der Waals surface area contributed by atoms with Gasteiger partial charge in [-0.2, -0.15) is 0 Å². The highest BCUT2D eigenvalue weighted by molar-refractivity contribution is 6.32. The fourth-order valence-electron chi connectivity index (χ4n) is 3.17. The zero-order valence-corrected chi connectivity index (χ0v) is 17.1. The van der Waals surface area contributed by atoms with E-state index in [0.717, 1.165) is 17.7 Å². The number of esters is 1. The minimum absolute atomic E-state index is 0.247. The molecule has 1 aliphatic rings. The van der Waals surface area contributed by atoms with E-state index in [2.05, 4.69) is 0 Å². The van der Waals surface area contributed by atoms with Crippen molar-refractivity contribution in [1.29, 1.82) is 0 Å². The lowest BCUT2D eigenvalue weighted by molar-refractivity contribution is -0.142. The van der Waals surface area contributed by atoms with E-state index in [1.807, 2.05) is 31.2 Å². The molecule has 0 aromatic heterocycles. The summed E-state index contributed by atoms with van der Waals surface area (Å²) in [6.07, 6.45) is 3.60. The number of para-hydroxylation sites is 1. The van der Waals surface area contributed by atoms with E-state index >= 15 is 0 Å². The molecular formula is C22H22ClNO5. The maximum atomic E-state index is 12.4. The predicted octanol–water partition coefficient (Wildman–Crippen LogP) is 3.89. The van der Waals surface area contributed by atoms with Gasteiger partial charge in [0.15, 0.2) is 18.1 Å². The Labute approximate surface area is 174 Å². The Balaban J connectivity index is 1.60. The number of amides is 1. The van der Waals surface area contributed by atoms with Gasteiger partial charge in [-0.15, -0.1) is 0 Å². The summed E-state index contributed by atoms with van der Waals surface area (Å²) < 4.78 is 15.8. The Bertz CT molecular complexity index is 941. The van der Waals surface area contributed by atoms with Crippen LogP contribution in [0, 0.1) is 0 Å². The number of hydrogen-bond donors (Lipinski definition) is 0. The molecule has 2 aromatic rings. The third-order valence-electron chi connectivity index (χ3n) is 4.47. The van der Waals surface area contributed by atoms with Crippen molar-refractivity contribution in [2.24, 2.45) is 0 Å². The van der Waals surface area contributed by atoms with Gasteiger partial charge in [0.2, 0.25) is 0 Å². The van der Waals surface area contributed by atoms with Crippen molar-refractivity contribution in [3.63, 3.8) is 0 Å². The summed E-state index contributed by atoms with van der Waals surface area (Å²) >= 11 is 6.20. The van der Waals surface area contributed by atoms with Crippen LogP contribution in [0.2, 0.25) is 5.02 Å². The van der Waals surface area contributed by atoms with E-state index in [-0.39, 0.29) is 12.5 Å². The molecule has 6 nitrogen and oxygen atoms in total. The molecule has 1 aliphatic heterocycles. The molecule has 0 fully saturated rings. The van der Waals surface area contributed by atoms with Gasteiger partial charge in [-0.05, 0) is 48.7 Å². The molecule has 2 aromatic carbocycles. The van der Waals surface area contributed by atoms with Gasteiger partial charge in [0.1, 0.15) is 0 Å². The van der Waals surface area contributed by atoms with Crippen LogP contribution in [-0.4, -0.2) is 38.7 Å². The largest absolute Gasteiger partial charge is 0.491 e. The van der Waals surface area contributed by atoms with Gasteiger partial charge in [-0.3, -0.25) is 4.79 Å². The Hall–Kier alpha value is -2.99. The highest BCUT2D eigenvalue weighted by atomic mass is 35.5. The monoisotopic (exact) mass is 415 g/mol. The second kappa shape index (κ2) is 9.47. The van der Waals surface area contributed by atoms with Crippen LogP contribution in [0.1, 0.15) is 18.1 Å². The molecule has 1 amide bonds. The first-order valence-electron chi connectivity index (χ1n) is 9.27. The molecule has 0 saturated carbocycles. The fraction of sp³-hybridized carbons (Fsp3) is 0.273. The van der Waals surface area contributed by atoms with Gasteiger partial charge in [-0.25, -0.2) is 4.79 Å². The van der Waals surface area contributed by atoms with Crippen LogP contribution in [0.25, 0.3) is 6.08 Å². The minimum Gasteiger partial charge on any atom is -0.491 e. The topological polar surface area (TPSA) is 65.1 Å². The molecule has 0 atom stereocenters. The molecule has 0 bridgehead atoms. The maximum absolute atomic E-state index is 12.4. The van der Waals surface area contributed by atoms with Gasteiger partial charge in [0.05, 0.1) is 18.7 Å². The molecule has 29 heavy (non-hydrogen) atoms. The number of nitrogens with zero attached hydrogens (tertiary/aromatic N) is 1. The molecule has 0 spiro atoms. The third-order valence-corrected chi connectivity index (χ3v) is 4.75. The van der Waals surface area contributed by atoms with Gasteiger partial charge < -0.3 is 19.1 Å². The highest BCUT2D eigenvalue weighted by Crippen LogP contribution is 2.36. The number of halogens is 1. The van der Waals surface area contributed by atoms with Gasteiger partial charge in [-0.1, -0.05) is 29.8 Å². The second-order valence-electron chi connectivity index (χ2n) is 6.33. The number of methoxy groups -OCH3 is 1. The summed E-state index contributed by atoms with van der Waals surface area (Å²) in [6, 6.07) is 11.1.